The van der Waals surface area contributed by atoms with Crippen LogP contribution >= 0.6 is 0 Å². The Labute approximate surface area is 291 Å². The van der Waals surface area contributed by atoms with Crippen LogP contribution in [0, 0.1) is 0 Å². The Hall–Kier alpha value is -4.37. The molecule has 11 nitrogen and oxygen atoms in total. The van der Waals surface area contributed by atoms with Crippen molar-refractivity contribution < 1.29 is 34.8 Å². The van der Waals surface area contributed by atoms with Crippen molar-refractivity contribution in [2.45, 2.75) is 44.5 Å². The molecular weight excluding hydrogens is 679 g/mol. The molecule has 5 aromatic rings. The molecule has 50 heavy (non-hydrogen) atoms. The molecule has 1 saturated heterocycles. The number of ether oxygens (including phenoxy) is 1. The van der Waals surface area contributed by atoms with Gasteiger partial charge in [-0.2, -0.15) is 27.1 Å². The number of unbranched alkanes of at least 4 members (excludes halogenated alkanes) is 1. The number of hydrogen-bond donors (Lipinski definition) is 1. The van der Waals surface area contributed by atoms with E-state index in [9.17, 15) is 21.4 Å². The molecule has 0 amide bonds. The maximum absolute atomic E-state index is 13.9. The minimum atomic E-state index is -4.36. The highest BCUT2D eigenvalue weighted by Gasteiger charge is 2.64. The lowest BCUT2D eigenvalue weighted by Gasteiger charge is -2.29. The third-order valence-electron chi connectivity index (χ3n) is 9.38. The summed E-state index contributed by atoms with van der Waals surface area (Å²) in [5, 5.41) is -0.978. The maximum Gasteiger partial charge on any atom is 0.450 e. The molecule has 13 heteroatoms. The number of fused-ring (bicyclic) bond motifs is 3. The largest absolute Gasteiger partial charge is 0.748 e. The first-order chi connectivity index (χ1) is 24.1. The highest BCUT2D eigenvalue weighted by atomic mass is 32.2. The smallest absolute Gasteiger partial charge is 0.450 e. The molecule has 2 atom stereocenters. The van der Waals surface area contributed by atoms with E-state index in [0.29, 0.717) is 62.0 Å². The predicted octanol–water partition coefficient (Wildman–Crippen LogP) is 6.73. The van der Waals surface area contributed by atoms with Crippen LogP contribution in [0.3, 0.4) is 0 Å². The van der Waals surface area contributed by atoms with Crippen molar-refractivity contribution in [3.63, 3.8) is 0 Å². The Bertz CT molecular complexity index is 2270. The summed E-state index contributed by atoms with van der Waals surface area (Å²) in [6.07, 6.45) is 3.36. The maximum atomic E-state index is 13.9. The second-order valence-electron chi connectivity index (χ2n) is 12.6. The van der Waals surface area contributed by atoms with Crippen molar-refractivity contribution in [1.82, 2.24) is 14.5 Å². The molecule has 2 N–H and O–H groups in total. The van der Waals surface area contributed by atoms with E-state index in [1.54, 1.807) is 13.0 Å². The Kier molecular flexibility index (Phi) is 9.37. The van der Waals surface area contributed by atoms with Gasteiger partial charge in [0.1, 0.15) is 0 Å². The van der Waals surface area contributed by atoms with Crippen LogP contribution in [0.1, 0.15) is 38.5 Å². The summed E-state index contributed by atoms with van der Waals surface area (Å²) in [5.41, 5.74) is 8.61. The summed E-state index contributed by atoms with van der Waals surface area (Å²) in [7, 11) is -8.49. The van der Waals surface area contributed by atoms with E-state index in [4.69, 9.17) is 13.4 Å². The fourth-order valence-electron chi connectivity index (χ4n) is 7.12. The van der Waals surface area contributed by atoms with Crippen LogP contribution in [0.25, 0.3) is 39.4 Å². The second kappa shape index (κ2) is 13.7. The Morgan fingerprint density at radius 1 is 0.920 bits per heavy atom. The zero-order chi connectivity index (χ0) is 34.9. The number of benzene rings is 4. The average Bonchev–Trinajstić information content (AvgIpc) is 3.80. The number of oxazole rings is 1. The normalized spacial score (nSPS) is 19.7. The molecule has 1 fully saturated rings. The Morgan fingerprint density at radius 3 is 2.28 bits per heavy atom. The van der Waals surface area contributed by atoms with E-state index >= 15 is 0 Å². The summed E-state index contributed by atoms with van der Waals surface area (Å²) < 4.78 is 80.6. The molecule has 1 aromatic heterocycles. The van der Waals surface area contributed by atoms with Crippen molar-refractivity contribution >= 4 is 43.1 Å². The molecule has 1 spiro atoms. The lowest BCUT2D eigenvalue weighted by molar-refractivity contribution is 0.107. The number of nitrogens with one attached hydrogen (secondary N) is 1. The number of hydrogen-bond acceptors (Lipinski definition) is 7. The first-order valence-corrected chi connectivity index (χ1v) is 19.8. The SMILES string of the molecule is CCNOS(=O)(=O)C1CCC[N+]12C(=Cc1[o+]c3ccc(-c4ccccc4)cc3n1CCCCS(=O)(=O)[O-])[OH+]c1ccc(-c3ccccc3)cc12. The van der Waals surface area contributed by atoms with Crippen molar-refractivity contribution in [3.05, 3.63) is 109 Å². The van der Waals surface area contributed by atoms with E-state index in [2.05, 4.69) is 5.48 Å². The van der Waals surface area contributed by atoms with Gasteiger partial charge in [-0.15, -0.1) is 0 Å². The van der Waals surface area contributed by atoms with Gasteiger partial charge in [0.25, 0.3) is 0 Å². The minimum absolute atomic E-state index is 0.0650. The lowest BCUT2D eigenvalue weighted by Crippen LogP contribution is -2.54. The van der Waals surface area contributed by atoms with E-state index in [1.807, 2.05) is 102 Å². The van der Waals surface area contributed by atoms with Crippen molar-refractivity contribution in [2.75, 3.05) is 18.8 Å². The predicted molar refractivity (Wildman–Crippen MR) is 193 cm³/mol. The van der Waals surface area contributed by atoms with Crippen molar-refractivity contribution in [1.29, 1.82) is 0 Å². The highest BCUT2D eigenvalue weighted by molar-refractivity contribution is 7.87. The minimum Gasteiger partial charge on any atom is -0.748 e. The van der Waals surface area contributed by atoms with E-state index in [1.165, 1.54) is 0 Å². The van der Waals surface area contributed by atoms with Gasteiger partial charge in [0.05, 0.1) is 16.7 Å². The van der Waals surface area contributed by atoms with E-state index < -0.39 is 31.4 Å². The van der Waals surface area contributed by atoms with Crippen LogP contribution < -0.4 is 9.96 Å². The quantitative estimate of drug-likeness (QED) is 0.0493. The summed E-state index contributed by atoms with van der Waals surface area (Å²) in [4.78, 5) is 0. The molecule has 0 bridgehead atoms. The summed E-state index contributed by atoms with van der Waals surface area (Å²) >= 11 is 0. The molecule has 2 unspecified atom stereocenters. The van der Waals surface area contributed by atoms with E-state index in [-0.39, 0.29) is 10.9 Å². The number of aromatic hydroxyl groups is 1. The molecule has 0 radical (unpaired) electrons. The number of aryl methyl sites for hydroxylation is 1. The van der Waals surface area contributed by atoms with Gasteiger partial charge in [-0.1, -0.05) is 67.6 Å². The fourth-order valence-corrected chi connectivity index (χ4v) is 9.29. The van der Waals surface area contributed by atoms with Crippen molar-refractivity contribution in [3.8, 4) is 28.0 Å². The standard InChI is InChI=1S/C37H38N3O8S2/c1-2-38-48-50(44,45)37-16-11-22-40(37)32-25-30(28-14-7-4-8-15-28)18-20-34(32)47-36(40)26-35-39(21-9-10-23-49(41,42)43)31-24-29(17-19-33(31)46-35)27-12-5-3-6-13-27/h3-8,12-15,17-20,24-26,37-38H,2,9-11,16,21-23H2,1H3/q+1/p+1. The van der Waals surface area contributed by atoms with Crippen LogP contribution in [-0.2, 0) is 31.1 Å². The van der Waals surface area contributed by atoms with Crippen LogP contribution in [-0.4, -0.2) is 54.9 Å². The summed E-state index contributed by atoms with van der Waals surface area (Å²) in [6.45, 7) is 2.91. The van der Waals surface area contributed by atoms with Crippen LogP contribution in [0.4, 0.5) is 5.69 Å². The monoisotopic (exact) mass is 717 g/mol. The molecular formula is C37H39N3O8S2+2. The molecule has 2 aliphatic heterocycles. The zero-order valence-corrected chi connectivity index (χ0v) is 29.2. The van der Waals surface area contributed by atoms with Gasteiger partial charge in [-0.3, -0.25) is 4.57 Å². The number of hydroxylamine groups is 1. The number of quaternary nitrogens is 1. The van der Waals surface area contributed by atoms with Gasteiger partial charge in [0.15, 0.2) is 5.52 Å². The van der Waals surface area contributed by atoms with Gasteiger partial charge < -0.3 is 9.29 Å². The van der Waals surface area contributed by atoms with Crippen LogP contribution in [0.15, 0.2) is 107 Å². The molecule has 7 rings (SSSR count). The number of nitrogens with zero attached hydrogens (tertiary/aromatic N) is 2. The molecule has 0 saturated carbocycles. The van der Waals surface area contributed by atoms with Gasteiger partial charge >= 0.3 is 33.2 Å². The molecule has 0 aliphatic carbocycles. The molecule has 260 valence electrons. The average molecular weight is 718 g/mol. The lowest BCUT2D eigenvalue weighted by atomic mass is 10.0. The third kappa shape index (κ3) is 6.60. The van der Waals surface area contributed by atoms with E-state index in [0.717, 1.165) is 33.5 Å². The first kappa shape index (κ1) is 34.1. The van der Waals surface area contributed by atoms with Gasteiger partial charge in [-0.25, -0.2) is 8.42 Å². The second-order valence-corrected chi connectivity index (χ2v) is 15.8. The summed E-state index contributed by atoms with van der Waals surface area (Å²) in [5.74, 6) is 1.12. The Morgan fingerprint density at radius 2 is 1.60 bits per heavy atom. The molecule has 4 aromatic carbocycles. The highest BCUT2D eigenvalue weighted by Crippen LogP contribution is 2.54. The first-order valence-electron chi connectivity index (χ1n) is 16.7. The Balaban J connectivity index is 1.38. The topological polar surface area (TPSA) is 142 Å². The van der Waals surface area contributed by atoms with Crippen LogP contribution in [0.5, 0.6) is 5.75 Å². The number of rotatable bonds is 12. The zero-order valence-electron chi connectivity index (χ0n) is 27.6. The number of aliphatic hydroxyl groups is 1. The van der Waals surface area contributed by atoms with Gasteiger partial charge in [-0.05, 0) is 53.3 Å². The molecule has 2 aliphatic rings. The number of aromatic nitrogens is 1. The fraction of sp³-hybridized carbons (Fsp3) is 0.270. The van der Waals surface area contributed by atoms with Crippen molar-refractivity contribution in [2.24, 2.45) is 0 Å². The van der Waals surface area contributed by atoms with Crippen LogP contribution in [0.2, 0.25) is 0 Å². The summed E-state index contributed by atoms with van der Waals surface area (Å²) in [6, 6.07) is 31.7. The molecule has 3 heterocycles. The van der Waals surface area contributed by atoms with Gasteiger partial charge in [0.2, 0.25) is 17.1 Å². The third-order valence-corrected chi connectivity index (χ3v) is 11.8. The van der Waals surface area contributed by atoms with Gasteiger partial charge in [0, 0.05) is 49.9 Å².